The van der Waals surface area contributed by atoms with Crippen LogP contribution < -0.4 is 0 Å². The molecule has 3 saturated carbocycles. The third-order valence-electron chi connectivity index (χ3n) is 9.81. The van der Waals surface area contributed by atoms with Crippen LogP contribution in [0.25, 0.3) is 0 Å². The quantitative estimate of drug-likeness (QED) is 0.386. The lowest BCUT2D eigenvalue weighted by Crippen LogP contribution is -2.48. The van der Waals surface area contributed by atoms with Gasteiger partial charge in [0.25, 0.3) is 0 Å². The fraction of sp³-hybridized carbons (Fsp3) is 0.778. The Morgan fingerprint density at radius 2 is 1.89 bits per heavy atom. The van der Waals surface area contributed by atoms with Crippen LogP contribution in [0, 0.1) is 40.4 Å². The van der Waals surface area contributed by atoms with E-state index in [0.717, 1.165) is 35.7 Å². The standard InChI is InChI=1S/C27H42O/c1-19(18-28)8-7-9-20(2)23-13-14-24-22-12-11-21-10-5-6-16-26(21,3)25(22)15-17-27(23,24)4/h7,9,12,18,20-21,23-25,28H,5-6,8,10-11,13-17H2,1-4H3/t20-,21?,23-,24+,25+,26+,27-/m1/s1. The van der Waals surface area contributed by atoms with E-state index in [0.29, 0.717) is 16.7 Å². The molecule has 1 unspecified atom stereocenters. The average molecular weight is 383 g/mol. The third-order valence-corrected chi connectivity index (χ3v) is 9.81. The molecule has 0 aliphatic heterocycles. The highest BCUT2D eigenvalue weighted by Crippen LogP contribution is 2.66. The molecular formula is C27H42O. The highest BCUT2D eigenvalue weighted by Gasteiger charge is 2.57. The molecule has 4 rings (SSSR count). The van der Waals surface area contributed by atoms with Crippen molar-refractivity contribution in [1.82, 2.24) is 0 Å². The number of hydrogen-bond acceptors (Lipinski definition) is 1. The zero-order chi connectivity index (χ0) is 19.9. The Balaban J connectivity index is 1.53. The van der Waals surface area contributed by atoms with Gasteiger partial charge in [-0.1, -0.05) is 57.4 Å². The zero-order valence-corrected chi connectivity index (χ0v) is 18.7. The summed E-state index contributed by atoms with van der Waals surface area (Å²) in [5, 5.41) is 9.12. The van der Waals surface area contributed by atoms with Crippen LogP contribution in [0.15, 0.2) is 35.6 Å². The molecule has 1 N–H and O–H groups in total. The maximum absolute atomic E-state index is 9.12. The van der Waals surface area contributed by atoms with Crippen LogP contribution in [0.2, 0.25) is 0 Å². The van der Waals surface area contributed by atoms with Gasteiger partial charge in [-0.3, -0.25) is 0 Å². The van der Waals surface area contributed by atoms with Crippen molar-refractivity contribution < 1.29 is 5.11 Å². The summed E-state index contributed by atoms with van der Waals surface area (Å²) in [6, 6.07) is 0. The number of rotatable bonds is 4. The van der Waals surface area contributed by atoms with E-state index in [2.05, 4.69) is 39.0 Å². The lowest BCUT2D eigenvalue weighted by Gasteiger charge is -2.57. The van der Waals surface area contributed by atoms with Gasteiger partial charge in [-0.15, -0.1) is 0 Å². The first-order valence-corrected chi connectivity index (χ1v) is 12.1. The average Bonchev–Trinajstić information content (AvgIpc) is 3.04. The first kappa shape index (κ1) is 20.3. The van der Waals surface area contributed by atoms with Crippen LogP contribution in [0.4, 0.5) is 0 Å². The summed E-state index contributed by atoms with van der Waals surface area (Å²) < 4.78 is 0. The van der Waals surface area contributed by atoms with E-state index in [9.17, 15) is 0 Å². The molecule has 0 amide bonds. The molecule has 1 nitrogen and oxygen atoms in total. The van der Waals surface area contributed by atoms with Gasteiger partial charge < -0.3 is 5.11 Å². The first-order valence-electron chi connectivity index (χ1n) is 12.1. The predicted molar refractivity (Wildman–Crippen MR) is 119 cm³/mol. The molecule has 0 aromatic heterocycles. The summed E-state index contributed by atoms with van der Waals surface area (Å²) in [5.74, 6) is 4.13. The van der Waals surface area contributed by atoms with Crippen molar-refractivity contribution in [3.05, 3.63) is 35.6 Å². The van der Waals surface area contributed by atoms with Gasteiger partial charge in [0.1, 0.15) is 0 Å². The summed E-state index contributed by atoms with van der Waals surface area (Å²) in [6.07, 6.45) is 22.5. The SMILES string of the molecule is CC(=CO)CC=C[C@@H](C)[C@H]1CC[C@H]2C3=CCC4CCCC[C@]4(C)[C@H]3CC[C@]12C. The van der Waals surface area contributed by atoms with E-state index in [1.807, 2.05) is 12.5 Å². The second kappa shape index (κ2) is 7.69. The summed E-state index contributed by atoms with van der Waals surface area (Å²) in [6.45, 7) is 9.72. The number of fused-ring (bicyclic) bond motifs is 5. The molecule has 0 spiro atoms. The second-order valence-corrected chi connectivity index (χ2v) is 11.2. The summed E-state index contributed by atoms with van der Waals surface area (Å²) in [4.78, 5) is 0. The molecule has 0 radical (unpaired) electrons. The highest BCUT2D eigenvalue weighted by atomic mass is 16.2. The van der Waals surface area contributed by atoms with E-state index in [1.165, 1.54) is 64.0 Å². The van der Waals surface area contributed by atoms with Crippen LogP contribution >= 0.6 is 0 Å². The molecule has 0 aromatic rings. The number of allylic oxidation sites excluding steroid dienone is 5. The van der Waals surface area contributed by atoms with Gasteiger partial charge in [-0.05, 0) is 104 Å². The van der Waals surface area contributed by atoms with Crippen molar-refractivity contribution in [2.75, 3.05) is 0 Å². The number of aliphatic hydroxyl groups excluding tert-OH is 1. The van der Waals surface area contributed by atoms with Gasteiger partial charge in [-0.25, -0.2) is 0 Å². The molecule has 28 heavy (non-hydrogen) atoms. The largest absolute Gasteiger partial charge is 0.516 e. The summed E-state index contributed by atoms with van der Waals surface area (Å²) >= 11 is 0. The van der Waals surface area contributed by atoms with Gasteiger partial charge in [0.2, 0.25) is 0 Å². The lowest BCUT2D eigenvalue weighted by atomic mass is 9.48. The topological polar surface area (TPSA) is 20.2 Å². The minimum absolute atomic E-state index is 0.492. The molecule has 0 aromatic carbocycles. The molecule has 0 heterocycles. The number of hydrogen-bond donors (Lipinski definition) is 1. The van der Waals surface area contributed by atoms with Crippen molar-refractivity contribution in [2.45, 2.75) is 91.9 Å². The highest BCUT2D eigenvalue weighted by molar-refractivity contribution is 5.28. The van der Waals surface area contributed by atoms with E-state index in [4.69, 9.17) is 5.11 Å². The van der Waals surface area contributed by atoms with Gasteiger partial charge in [-0.2, -0.15) is 0 Å². The van der Waals surface area contributed by atoms with E-state index < -0.39 is 0 Å². The molecular weight excluding hydrogens is 340 g/mol. The fourth-order valence-electron chi connectivity index (χ4n) is 8.10. The van der Waals surface area contributed by atoms with Crippen molar-refractivity contribution >= 4 is 0 Å². The molecule has 3 fully saturated rings. The van der Waals surface area contributed by atoms with Crippen LogP contribution in [0.1, 0.15) is 91.9 Å². The summed E-state index contributed by atoms with van der Waals surface area (Å²) in [7, 11) is 0. The molecule has 1 heteroatoms. The van der Waals surface area contributed by atoms with Gasteiger partial charge in [0, 0.05) is 0 Å². The fourth-order valence-corrected chi connectivity index (χ4v) is 8.10. The van der Waals surface area contributed by atoms with Crippen LogP contribution in [0.5, 0.6) is 0 Å². The lowest BCUT2D eigenvalue weighted by molar-refractivity contribution is -0.00479. The Hall–Kier alpha value is -0.980. The molecule has 4 aliphatic rings. The van der Waals surface area contributed by atoms with Crippen LogP contribution in [-0.2, 0) is 0 Å². The van der Waals surface area contributed by atoms with Gasteiger partial charge in [0.05, 0.1) is 6.26 Å². The van der Waals surface area contributed by atoms with Gasteiger partial charge in [0.15, 0.2) is 0 Å². The Morgan fingerprint density at radius 1 is 1.11 bits per heavy atom. The minimum Gasteiger partial charge on any atom is -0.516 e. The van der Waals surface area contributed by atoms with E-state index >= 15 is 0 Å². The van der Waals surface area contributed by atoms with Crippen LogP contribution in [-0.4, -0.2) is 5.11 Å². The molecule has 0 saturated heterocycles. The summed E-state index contributed by atoms with van der Waals surface area (Å²) in [5.41, 5.74) is 4.03. The zero-order valence-electron chi connectivity index (χ0n) is 18.7. The Morgan fingerprint density at radius 3 is 2.68 bits per heavy atom. The minimum atomic E-state index is 0.492. The molecule has 4 aliphatic carbocycles. The predicted octanol–water partition coefficient (Wildman–Crippen LogP) is 8.00. The molecule has 156 valence electrons. The Bertz CT molecular complexity index is 670. The molecule has 7 atom stereocenters. The normalized spacial score (nSPS) is 44.6. The van der Waals surface area contributed by atoms with Crippen LogP contribution in [0.3, 0.4) is 0 Å². The Kier molecular flexibility index (Phi) is 5.58. The van der Waals surface area contributed by atoms with Crippen molar-refractivity contribution in [1.29, 1.82) is 0 Å². The van der Waals surface area contributed by atoms with Crippen molar-refractivity contribution in [3.8, 4) is 0 Å². The first-order chi connectivity index (χ1) is 13.4. The Labute approximate surface area is 173 Å². The maximum atomic E-state index is 9.12. The van der Waals surface area contributed by atoms with Gasteiger partial charge >= 0.3 is 0 Å². The monoisotopic (exact) mass is 382 g/mol. The second-order valence-electron chi connectivity index (χ2n) is 11.2. The number of aliphatic hydroxyl groups is 1. The maximum Gasteiger partial charge on any atom is 0.0783 e. The van der Waals surface area contributed by atoms with Crippen molar-refractivity contribution in [3.63, 3.8) is 0 Å². The van der Waals surface area contributed by atoms with E-state index in [1.54, 1.807) is 0 Å². The van der Waals surface area contributed by atoms with Crippen molar-refractivity contribution in [2.24, 2.45) is 40.4 Å². The van der Waals surface area contributed by atoms with E-state index in [-0.39, 0.29) is 0 Å². The molecule has 0 bridgehead atoms. The third kappa shape index (κ3) is 3.21. The smallest absolute Gasteiger partial charge is 0.0783 e.